The summed E-state index contributed by atoms with van der Waals surface area (Å²) in [5.41, 5.74) is 7.34. The first-order chi connectivity index (χ1) is 7.11. The lowest BCUT2D eigenvalue weighted by Gasteiger charge is -2.11. The highest BCUT2D eigenvalue weighted by Gasteiger charge is 2.12. The highest BCUT2D eigenvalue weighted by atomic mass is 15.2. The van der Waals surface area contributed by atoms with Crippen LogP contribution in [0, 0.1) is 0 Å². The van der Waals surface area contributed by atoms with Crippen LogP contribution in [0.1, 0.15) is 13.1 Å². The lowest BCUT2D eigenvalue weighted by atomic mass is 10.4. The minimum absolute atomic E-state index is 0.139. The zero-order valence-electron chi connectivity index (χ0n) is 9.05. The number of hydrogen-bond donors (Lipinski definition) is 1. The van der Waals surface area contributed by atoms with E-state index in [9.17, 15) is 0 Å². The van der Waals surface area contributed by atoms with Crippen molar-refractivity contribution < 1.29 is 0 Å². The quantitative estimate of drug-likeness (QED) is 0.768. The molecule has 0 aliphatic heterocycles. The lowest BCUT2D eigenvalue weighted by molar-refractivity contribution is 0.583. The molecule has 0 radical (unpaired) electrons. The molecule has 0 aliphatic carbocycles. The summed E-state index contributed by atoms with van der Waals surface area (Å²) in [6.45, 7) is 1.89. The molecule has 6 heteroatoms. The molecule has 15 heavy (non-hydrogen) atoms. The third-order valence-corrected chi connectivity index (χ3v) is 2.20. The molecule has 1 unspecified atom stereocenters. The molecular formula is C9H14N6. The van der Waals surface area contributed by atoms with Gasteiger partial charge in [-0.2, -0.15) is 0 Å². The predicted molar refractivity (Wildman–Crippen MR) is 58.5 cm³/mol. The average Bonchev–Trinajstić information content (AvgIpc) is 2.59. The number of nitrogens with two attached hydrogens (primary N) is 1. The zero-order chi connectivity index (χ0) is 11.0. The molecule has 2 rings (SSSR count). The third-order valence-electron chi connectivity index (χ3n) is 2.20. The van der Waals surface area contributed by atoms with E-state index < -0.39 is 0 Å². The van der Waals surface area contributed by atoms with Crippen molar-refractivity contribution in [2.45, 2.75) is 13.1 Å². The first kappa shape index (κ1) is 9.85. The number of anilines is 1. The summed E-state index contributed by atoms with van der Waals surface area (Å²) in [6, 6.07) is 0. The molecule has 2 aromatic rings. The van der Waals surface area contributed by atoms with E-state index in [1.807, 2.05) is 30.5 Å². The van der Waals surface area contributed by atoms with Gasteiger partial charge >= 0.3 is 0 Å². The fraction of sp³-hybridized carbons (Fsp3) is 0.444. The van der Waals surface area contributed by atoms with E-state index in [1.54, 1.807) is 6.33 Å². The largest absolute Gasteiger partial charge is 0.361 e. The molecule has 0 aromatic carbocycles. The van der Waals surface area contributed by atoms with Gasteiger partial charge in [0.1, 0.15) is 6.33 Å². The van der Waals surface area contributed by atoms with Gasteiger partial charge in [0.05, 0.1) is 12.5 Å². The molecule has 0 amide bonds. The summed E-state index contributed by atoms with van der Waals surface area (Å²) >= 11 is 0. The topological polar surface area (TPSA) is 72.9 Å². The van der Waals surface area contributed by atoms with Gasteiger partial charge in [0.2, 0.25) is 0 Å². The summed E-state index contributed by atoms with van der Waals surface area (Å²) in [6.07, 6.45) is 3.08. The Morgan fingerprint density at radius 3 is 2.67 bits per heavy atom. The summed E-state index contributed by atoms with van der Waals surface area (Å²) in [5.74, 6) is 0.805. The third kappa shape index (κ3) is 1.52. The van der Waals surface area contributed by atoms with Crippen molar-refractivity contribution in [2.24, 2.45) is 5.73 Å². The number of aromatic nitrogens is 4. The molecule has 0 aliphatic rings. The van der Waals surface area contributed by atoms with Gasteiger partial charge in [-0.05, 0) is 6.92 Å². The van der Waals surface area contributed by atoms with Crippen LogP contribution in [0.25, 0.3) is 11.2 Å². The molecule has 2 aromatic heterocycles. The Morgan fingerprint density at radius 2 is 2.07 bits per heavy atom. The predicted octanol–water partition coefficient (Wildman–Crippen LogP) is 0.369. The molecule has 0 fully saturated rings. The summed E-state index contributed by atoms with van der Waals surface area (Å²) in [5, 5.41) is 0. The van der Waals surface area contributed by atoms with Gasteiger partial charge in [-0.25, -0.2) is 15.0 Å². The van der Waals surface area contributed by atoms with Gasteiger partial charge in [0, 0.05) is 14.1 Å². The van der Waals surface area contributed by atoms with Crippen molar-refractivity contribution in [1.29, 1.82) is 0 Å². The fourth-order valence-corrected chi connectivity index (χ4v) is 1.46. The van der Waals surface area contributed by atoms with Gasteiger partial charge in [0.25, 0.3) is 0 Å². The van der Waals surface area contributed by atoms with Crippen LogP contribution >= 0.6 is 0 Å². The smallest absolute Gasteiger partial charge is 0.166 e. The Labute approximate surface area is 87.8 Å². The normalized spacial score (nSPS) is 13.1. The maximum absolute atomic E-state index is 5.80. The van der Waals surface area contributed by atoms with Crippen molar-refractivity contribution >= 4 is 17.0 Å². The van der Waals surface area contributed by atoms with E-state index in [0.717, 1.165) is 17.0 Å². The average molecular weight is 206 g/mol. The number of rotatable bonds is 2. The van der Waals surface area contributed by atoms with Crippen LogP contribution in [0.2, 0.25) is 0 Å². The Balaban J connectivity index is 2.69. The molecular weight excluding hydrogens is 192 g/mol. The maximum atomic E-state index is 5.80. The number of hydrogen-bond acceptors (Lipinski definition) is 5. The summed E-state index contributed by atoms with van der Waals surface area (Å²) in [4.78, 5) is 14.5. The van der Waals surface area contributed by atoms with E-state index >= 15 is 0 Å². The minimum Gasteiger partial charge on any atom is -0.361 e. The monoisotopic (exact) mass is 206 g/mol. The van der Waals surface area contributed by atoms with Crippen LogP contribution < -0.4 is 10.6 Å². The van der Waals surface area contributed by atoms with E-state index in [4.69, 9.17) is 5.73 Å². The molecule has 1 atom stereocenters. The number of fused-ring (bicyclic) bond motifs is 1. The Bertz CT molecular complexity index is 472. The van der Waals surface area contributed by atoms with E-state index in [1.165, 1.54) is 6.33 Å². The van der Waals surface area contributed by atoms with E-state index in [2.05, 4.69) is 15.0 Å². The molecule has 80 valence electrons. The SMILES string of the molecule is CC(N)n1cnc2c(N(C)C)ncnc21. The van der Waals surface area contributed by atoms with Crippen molar-refractivity contribution in [2.75, 3.05) is 19.0 Å². The zero-order valence-corrected chi connectivity index (χ0v) is 9.05. The van der Waals surface area contributed by atoms with Crippen LogP contribution in [-0.4, -0.2) is 33.6 Å². The molecule has 0 spiro atoms. The fourth-order valence-electron chi connectivity index (χ4n) is 1.46. The second-order valence-electron chi connectivity index (χ2n) is 3.66. The van der Waals surface area contributed by atoms with Crippen molar-refractivity contribution in [3.05, 3.63) is 12.7 Å². The molecule has 0 bridgehead atoms. The maximum Gasteiger partial charge on any atom is 0.166 e. The van der Waals surface area contributed by atoms with Crippen molar-refractivity contribution in [3.63, 3.8) is 0 Å². The van der Waals surface area contributed by atoms with Gasteiger partial charge in [0.15, 0.2) is 17.0 Å². The van der Waals surface area contributed by atoms with Gasteiger partial charge in [-0.1, -0.05) is 0 Å². The van der Waals surface area contributed by atoms with Crippen LogP contribution in [0.4, 0.5) is 5.82 Å². The van der Waals surface area contributed by atoms with Gasteiger partial charge in [-0.15, -0.1) is 0 Å². The first-order valence-electron chi connectivity index (χ1n) is 4.71. The van der Waals surface area contributed by atoms with E-state index in [-0.39, 0.29) is 6.17 Å². The molecule has 6 nitrogen and oxygen atoms in total. The lowest BCUT2D eigenvalue weighted by Crippen LogP contribution is -2.15. The molecule has 2 heterocycles. The van der Waals surface area contributed by atoms with Crippen LogP contribution in [-0.2, 0) is 0 Å². The molecule has 0 saturated heterocycles. The summed E-state index contributed by atoms with van der Waals surface area (Å²) < 4.78 is 1.82. The van der Waals surface area contributed by atoms with Crippen LogP contribution in [0.3, 0.4) is 0 Å². The number of imidazole rings is 1. The second-order valence-corrected chi connectivity index (χ2v) is 3.66. The molecule has 2 N–H and O–H groups in total. The van der Waals surface area contributed by atoms with Crippen molar-refractivity contribution in [1.82, 2.24) is 19.5 Å². The van der Waals surface area contributed by atoms with Gasteiger partial charge in [-0.3, -0.25) is 4.57 Å². The highest BCUT2D eigenvalue weighted by molar-refractivity contribution is 5.83. The van der Waals surface area contributed by atoms with Crippen molar-refractivity contribution in [3.8, 4) is 0 Å². The Morgan fingerprint density at radius 1 is 1.33 bits per heavy atom. The standard InChI is InChI=1S/C9H14N6/c1-6(10)15-5-13-7-8(14(2)3)11-4-12-9(7)15/h4-6H,10H2,1-3H3. The van der Waals surface area contributed by atoms with Crippen LogP contribution in [0.5, 0.6) is 0 Å². The Kier molecular flexibility index (Phi) is 2.28. The number of nitrogens with zero attached hydrogens (tertiary/aromatic N) is 5. The highest BCUT2D eigenvalue weighted by Crippen LogP contribution is 2.20. The van der Waals surface area contributed by atoms with Crippen LogP contribution in [0.15, 0.2) is 12.7 Å². The first-order valence-corrected chi connectivity index (χ1v) is 4.71. The van der Waals surface area contributed by atoms with Gasteiger partial charge < -0.3 is 10.6 Å². The minimum atomic E-state index is -0.139. The Hall–Kier alpha value is -1.69. The second kappa shape index (κ2) is 3.47. The summed E-state index contributed by atoms with van der Waals surface area (Å²) in [7, 11) is 3.85. The molecule has 0 saturated carbocycles. The van der Waals surface area contributed by atoms with E-state index in [0.29, 0.717) is 0 Å².